The number of hydrogen-bond acceptors (Lipinski definition) is 4. The van der Waals surface area contributed by atoms with E-state index in [0.29, 0.717) is 26.9 Å². The number of para-hydroxylation sites is 1. The van der Waals surface area contributed by atoms with Crippen molar-refractivity contribution >= 4 is 33.0 Å². The Bertz CT molecular complexity index is 1770. The molecule has 0 amide bonds. The Labute approximate surface area is 228 Å². The molecule has 196 valence electrons. The lowest BCUT2D eigenvalue weighted by Crippen LogP contribution is -2.20. The predicted octanol–water partition coefficient (Wildman–Crippen LogP) is 7.45. The van der Waals surface area contributed by atoms with Crippen LogP contribution in [-0.2, 0) is 12.8 Å². The molecule has 0 aliphatic carbocycles. The van der Waals surface area contributed by atoms with Gasteiger partial charge in [0.05, 0.1) is 22.7 Å². The first-order valence-corrected chi connectivity index (χ1v) is 12.4. The van der Waals surface area contributed by atoms with Crippen LogP contribution in [0.2, 0.25) is 0 Å². The second kappa shape index (κ2) is 10.8. The molecular formula is C29H18BrF4N3O2. The largest absolute Gasteiger partial charge is 0.488 e. The zero-order chi connectivity index (χ0) is 27.6. The van der Waals surface area contributed by atoms with Crippen molar-refractivity contribution in [2.24, 2.45) is 5.10 Å². The zero-order valence-electron chi connectivity index (χ0n) is 20.0. The Balaban J connectivity index is 1.59. The van der Waals surface area contributed by atoms with Gasteiger partial charge >= 0.3 is 6.18 Å². The van der Waals surface area contributed by atoms with E-state index in [2.05, 4.69) is 26.0 Å². The molecule has 0 aliphatic rings. The van der Waals surface area contributed by atoms with Crippen molar-refractivity contribution in [3.05, 3.63) is 128 Å². The highest BCUT2D eigenvalue weighted by molar-refractivity contribution is 9.10. The molecule has 0 saturated carbocycles. The van der Waals surface area contributed by atoms with E-state index in [-0.39, 0.29) is 29.2 Å². The summed E-state index contributed by atoms with van der Waals surface area (Å²) >= 11 is 3.40. The van der Waals surface area contributed by atoms with Crippen molar-refractivity contribution < 1.29 is 22.3 Å². The Hall–Kier alpha value is -4.31. The van der Waals surface area contributed by atoms with E-state index in [1.165, 1.54) is 30.5 Å². The molecule has 0 saturated heterocycles. The third-order valence-corrected chi connectivity index (χ3v) is 6.26. The Morgan fingerprint density at radius 2 is 1.74 bits per heavy atom. The van der Waals surface area contributed by atoms with Crippen LogP contribution in [0.1, 0.15) is 16.7 Å². The number of ether oxygens (including phenoxy) is 1. The molecule has 0 atom stereocenters. The van der Waals surface area contributed by atoms with Crippen molar-refractivity contribution in [2.75, 3.05) is 0 Å². The predicted molar refractivity (Wildman–Crippen MR) is 144 cm³/mol. The van der Waals surface area contributed by atoms with Gasteiger partial charge in [-0.05, 0) is 60.2 Å². The van der Waals surface area contributed by atoms with Gasteiger partial charge in [0.2, 0.25) is 0 Å². The van der Waals surface area contributed by atoms with Gasteiger partial charge in [0.15, 0.2) is 5.82 Å². The van der Waals surface area contributed by atoms with E-state index in [1.54, 1.807) is 54.6 Å². The summed E-state index contributed by atoms with van der Waals surface area (Å²) in [6, 6.07) is 22.2. The van der Waals surface area contributed by atoms with Crippen molar-refractivity contribution in [3.63, 3.8) is 0 Å². The van der Waals surface area contributed by atoms with E-state index < -0.39 is 17.3 Å². The summed E-state index contributed by atoms with van der Waals surface area (Å²) in [5.41, 5.74) is 0.0439. The number of benzene rings is 4. The van der Waals surface area contributed by atoms with E-state index in [1.807, 2.05) is 0 Å². The molecule has 5 aromatic rings. The van der Waals surface area contributed by atoms with Crippen LogP contribution in [0.4, 0.5) is 17.6 Å². The van der Waals surface area contributed by atoms with Crippen molar-refractivity contribution in [2.45, 2.75) is 12.8 Å². The number of fused-ring (bicyclic) bond motifs is 1. The lowest BCUT2D eigenvalue weighted by molar-refractivity contribution is -0.137. The normalized spacial score (nSPS) is 11.8. The van der Waals surface area contributed by atoms with Crippen LogP contribution in [0.15, 0.2) is 105 Å². The first kappa shape index (κ1) is 26.3. The van der Waals surface area contributed by atoms with E-state index in [0.717, 1.165) is 16.8 Å². The molecule has 5 nitrogen and oxygen atoms in total. The topological polar surface area (TPSA) is 56.5 Å². The molecule has 0 radical (unpaired) electrons. The van der Waals surface area contributed by atoms with Crippen LogP contribution < -0.4 is 10.3 Å². The zero-order valence-corrected chi connectivity index (χ0v) is 21.6. The summed E-state index contributed by atoms with van der Waals surface area (Å²) in [5, 5.41) is 4.59. The molecule has 0 bridgehead atoms. The summed E-state index contributed by atoms with van der Waals surface area (Å²) in [7, 11) is 0. The number of rotatable bonds is 6. The maximum absolute atomic E-state index is 13.6. The summed E-state index contributed by atoms with van der Waals surface area (Å²) in [6.45, 7) is 0.0766. The lowest BCUT2D eigenvalue weighted by atomic mass is 10.1. The van der Waals surface area contributed by atoms with Crippen LogP contribution in [0.5, 0.6) is 5.75 Å². The third-order valence-electron chi connectivity index (χ3n) is 5.77. The van der Waals surface area contributed by atoms with Gasteiger partial charge < -0.3 is 4.74 Å². The van der Waals surface area contributed by atoms with Gasteiger partial charge in [0, 0.05) is 15.6 Å². The highest BCUT2D eigenvalue weighted by Gasteiger charge is 2.31. The molecule has 5 rings (SSSR count). The molecule has 0 spiro atoms. The highest BCUT2D eigenvalue weighted by Crippen LogP contribution is 2.32. The smallest absolute Gasteiger partial charge is 0.416 e. The second-order valence-corrected chi connectivity index (χ2v) is 9.41. The molecule has 1 aromatic heterocycles. The van der Waals surface area contributed by atoms with Crippen LogP contribution in [-0.4, -0.2) is 15.9 Å². The first-order valence-electron chi connectivity index (χ1n) is 11.6. The minimum atomic E-state index is -4.58. The third kappa shape index (κ3) is 5.91. The monoisotopic (exact) mass is 595 g/mol. The number of alkyl halides is 3. The minimum Gasteiger partial charge on any atom is -0.488 e. The van der Waals surface area contributed by atoms with Gasteiger partial charge in [0.25, 0.3) is 5.56 Å². The van der Waals surface area contributed by atoms with Gasteiger partial charge in [-0.1, -0.05) is 52.3 Å². The van der Waals surface area contributed by atoms with Gasteiger partial charge in [0.1, 0.15) is 18.2 Å². The number of halogens is 5. The Morgan fingerprint density at radius 3 is 2.54 bits per heavy atom. The Morgan fingerprint density at radius 1 is 0.949 bits per heavy atom. The summed E-state index contributed by atoms with van der Waals surface area (Å²) in [5.74, 6) is -0.0501. The summed E-state index contributed by atoms with van der Waals surface area (Å²) in [6.07, 6.45) is -3.22. The maximum atomic E-state index is 13.6. The molecule has 39 heavy (non-hydrogen) atoms. The van der Waals surface area contributed by atoms with Crippen LogP contribution >= 0.6 is 15.9 Å². The highest BCUT2D eigenvalue weighted by atomic mass is 79.9. The standard InChI is InChI=1S/C29H18BrF4N3O2/c30-22-11-12-26(39-17-18-5-3-8-23(31)13-18)20(15-22)16-35-37-27(19-6-4-7-21(14-19)29(32,33)34)36-25-10-2-1-9-24(25)28(37)38/h1-16H,17H2. The molecule has 0 fully saturated rings. The fraction of sp³-hybridized carbons (Fsp3) is 0.0690. The maximum Gasteiger partial charge on any atom is 0.416 e. The van der Waals surface area contributed by atoms with E-state index in [9.17, 15) is 22.4 Å². The molecular weight excluding hydrogens is 578 g/mol. The fourth-order valence-electron chi connectivity index (χ4n) is 3.91. The van der Waals surface area contributed by atoms with Gasteiger partial charge in [-0.15, -0.1) is 0 Å². The quantitative estimate of drug-likeness (QED) is 0.151. The molecule has 10 heteroatoms. The average Bonchev–Trinajstić information content (AvgIpc) is 2.91. The summed E-state index contributed by atoms with van der Waals surface area (Å²) in [4.78, 5) is 17.9. The number of aromatic nitrogens is 2. The van der Waals surface area contributed by atoms with Gasteiger partial charge in [-0.3, -0.25) is 4.79 Å². The van der Waals surface area contributed by atoms with Crippen LogP contribution in [0.25, 0.3) is 22.3 Å². The van der Waals surface area contributed by atoms with Gasteiger partial charge in [-0.25, -0.2) is 9.37 Å². The molecule has 0 N–H and O–H groups in total. The molecule has 0 aliphatic heterocycles. The fourth-order valence-corrected chi connectivity index (χ4v) is 4.29. The first-order chi connectivity index (χ1) is 18.7. The lowest BCUT2D eigenvalue weighted by Gasteiger charge is -2.13. The second-order valence-electron chi connectivity index (χ2n) is 8.49. The van der Waals surface area contributed by atoms with Crippen LogP contribution in [0, 0.1) is 5.82 Å². The minimum absolute atomic E-state index is 0.0572. The molecule has 1 heterocycles. The Kier molecular flexibility index (Phi) is 7.30. The van der Waals surface area contributed by atoms with Crippen LogP contribution in [0.3, 0.4) is 0 Å². The van der Waals surface area contributed by atoms with E-state index >= 15 is 0 Å². The van der Waals surface area contributed by atoms with Crippen molar-refractivity contribution in [1.29, 1.82) is 0 Å². The van der Waals surface area contributed by atoms with Gasteiger partial charge in [-0.2, -0.15) is 22.9 Å². The SMILES string of the molecule is O=c1c2ccccc2nc(-c2cccc(C(F)(F)F)c2)n1N=Cc1cc(Br)ccc1OCc1cccc(F)c1. The average molecular weight is 596 g/mol. The van der Waals surface area contributed by atoms with Crippen molar-refractivity contribution in [1.82, 2.24) is 9.66 Å². The summed E-state index contributed by atoms with van der Waals surface area (Å²) < 4.78 is 61.4. The van der Waals surface area contributed by atoms with E-state index in [4.69, 9.17) is 4.74 Å². The number of hydrogen-bond donors (Lipinski definition) is 0. The molecule has 4 aromatic carbocycles. The van der Waals surface area contributed by atoms with Crippen molar-refractivity contribution in [3.8, 4) is 17.1 Å². The molecule has 0 unspecified atom stereocenters. The number of nitrogens with zero attached hydrogens (tertiary/aromatic N) is 3.